The molecule has 10 nitrogen and oxygen atoms in total. The summed E-state index contributed by atoms with van der Waals surface area (Å²) in [5.74, 6) is -7.24. The molecule has 25 heavy (non-hydrogen) atoms. The predicted molar refractivity (Wildman–Crippen MR) is 75.7 cm³/mol. The molecule has 0 fully saturated rings. The van der Waals surface area contributed by atoms with Crippen LogP contribution in [0.1, 0.15) is 27.7 Å². The van der Waals surface area contributed by atoms with E-state index in [0.717, 1.165) is 0 Å². The zero-order chi connectivity index (χ0) is 20.6. The Morgan fingerprint density at radius 1 is 0.720 bits per heavy atom. The van der Waals surface area contributed by atoms with E-state index in [-0.39, 0.29) is 0 Å². The molecule has 0 heterocycles. The number of Topliss-reactive ketones (excluding diaryl/α,β-unsaturated/α-hetero) is 4. The van der Waals surface area contributed by atoms with Crippen molar-refractivity contribution in [2.75, 3.05) is 6.61 Å². The highest BCUT2D eigenvalue weighted by molar-refractivity contribution is 6.16. The Labute approximate surface area is 140 Å². The average molecular weight is 366 g/mol. The van der Waals surface area contributed by atoms with Crippen LogP contribution in [-0.2, 0) is 24.0 Å². The number of hydrogen-bond donors (Lipinski definition) is 5. The van der Waals surface area contributed by atoms with Gasteiger partial charge in [-0.15, -0.1) is 0 Å². The summed E-state index contributed by atoms with van der Waals surface area (Å²) in [7, 11) is 0. The number of ketones is 4. The lowest BCUT2D eigenvalue weighted by atomic mass is 9.58. The van der Waals surface area contributed by atoms with Crippen LogP contribution < -0.4 is 0 Å². The van der Waals surface area contributed by atoms with Gasteiger partial charge < -0.3 is 25.5 Å². The van der Waals surface area contributed by atoms with Gasteiger partial charge in [-0.3, -0.25) is 24.0 Å². The molecule has 0 aromatic heterocycles. The quantitative estimate of drug-likeness (QED) is 0.205. The second kappa shape index (κ2) is 6.77. The molecule has 0 saturated heterocycles. The van der Waals surface area contributed by atoms with Gasteiger partial charge in [0.05, 0.1) is 6.61 Å². The van der Waals surface area contributed by atoms with Crippen molar-refractivity contribution >= 4 is 29.2 Å². The van der Waals surface area contributed by atoms with E-state index < -0.39 is 58.2 Å². The van der Waals surface area contributed by atoms with Gasteiger partial charge in [-0.25, -0.2) is 0 Å². The number of halogens is 1. The molecule has 5 N–H and O–H groups in total. The number of rotatable bonds is 9. The number of carbonyl (C=O) groups is 5. The van der Waals surface area contributed by atoms with Crippen LogP contribution in [0.4, 0.5) is 4.39 Å². The van der Waals surface area contributed by atoms with Crippen molar-refractivity contribution in [3.63, 3.8) is 0 Å². The van der Waals surface area contributed by atoms with Crippen molar-refractivity contribution < 1.29 is 53.9 Å². The molecule has 0 aromatic carbocycles. The van der Waals surface area contributed by atoms with Crippen LogP contribution in [0.5, 0.6) is 0 Å². The molecule has 0 aliphatic carbocycles. The van der Waals surface area contributed by atoms with Crippen LogP contribution in [0.3, 0.4) is 0 Å². The molecule has 0 aromatic rings. The lowest BCUT2D eigenvalue weighted by molar-refractivity contribution is -0.267. The normalized spacial score (nSPS) is 21.0. The first-order valence-corrected chi connectivity index (χ1v) is 6.77. The third-order valence-electron chi connectivity index (χ3n) is 4.27. The number of aliphatic hydroxyl groups is 5. The van der Waals surface area contributed by atoms with E-state index in [1.807, 2.05) is 0 Å². The molecule has 0 unspecified atom stereocenters. The van der Waals surface area contributed by atoms with Crippen LogP contribution in [0.25, 0.3) is 0 Å². The second-order valence-corrected chi connectivity index (χ2v) is 5.65. The SMILES string of the molecule is CC(=O)[C@](O)(C(=O)F)[C@](O)(C(C)=O)[C@@](O)(C(C)=O)[C@](O)(CO)C(C)=O. The Hall–Kier alpha value is -1.92. The molecule has 0 saturated carbocycles. The fourth-order valence-corrected chi connectivity index (χ4v) is 2.63. The fraction of sp³-hybridized carbons (Fsp3) is 0.643. The van der Waals surface area contributed by atoms with E-state index in [9.17, 15) is 53.9 Å². The zero-order valence-electron chi connectivity index (χ0n) is 13.9. The summed E-state index contributed by atoms with van der Waals surface area (Å²) >= 11 is 0. The number of aliphatic hydroxyl groups excluding tert-OH is 1. The second-order valence-electron chi connectivity index (χ2n) is 5.65. The van der Waals surface area contributed by atoms with Crippen molar-refractivity contribution in [3.05, 3.63) is 0 Å². The summed E-state index contributed by atoms with van der Waals surface area (Å²) in [6.45, 7) is -0.168. The molecular formula is C14H19FO10. The van der Waals surface area contributed by atoms with Gasteiger partial charge in [0.1, 0.15) is 0 Å². The third kappa shape index (κ3) is 2.64. The smallest absolute Gasteiger partial charge is 0.344 e. The largest absolute Gasteiger partial charge is 0.393 e. The lowest BCUT2D eigenvalue weighted by Crippen LogP contribution is -2.85. The minimum Gasteiger partial charge on any atom is -0.393 e. The number of hydrogen-bond acceptors (Lipinski definition) is 10. The highest BCUT2D eigenvalue weighted by atomic mass is 19.1. The fourth-order valence-electron chi connectivity index (χ4n) is 2.63. The highest BCUT2D eigenvalue weighted by Crippen LogP contribution is 2.43. The van der Waals surface area contributed by atoms with E-state index in [1.165, 1.54) is 0 Å². The molecule has 0 amide bonds. The summed E-state index contributed by atoms with van der Waals surface area (Å²) in [5.41, 5.74) is -16.5. The van der Waals surface area contributed by atoms with Gasteiger partial charge in [0, 0.05) is 0 Å². The van der Waals surface area contributed by atoms with Crippen molar-refractivity contribution in [2.45, 2.75) is 50.1 Å². The van der Waals surface area contributed by atoms with Gasteiger partial charge >= 0.3 is 6.04 Å². The molecular weight excluding hydrogens is 347 g/mol. The summed E-state index contributed by atoms with van der Waals surface area (Å²) < 4.78 is 13.5. The van der Waals surface area contributed by atoms with Crippen molar-refractivity contribution in [1.82, 2.24) is 0 Å². The van der Waals surface area contributed by atoms with Gasteiger partial charge in [0.15, 0.2) is 28.7 Å². The van der Waals surface area contributed by atoms with E-state index in [1.54, 1.807) is 0 Å². The van der Waals surface area contributed by atoms with Crippen LogP contribution >= 0.6 is 0 Å². The maximum atomic E-state index is 13.5. The van der Waals surface area contributed by atoms with Crippen LogP contribution in [0, 0.1) is 0 Å². The minimum atomic E-state index is -4.35. The van der Waals surface area contributed by atoms with E-state index in [4.69, 9.17) is 0 Å². The average Bonchev–Trinajstić information content (AvgIpc) is 2.49. The topological polar surface area (TPSA) is 186 Å². The van der Waals surface area contributed by atoms with E-state index in [0.29, 0.717) is 27.7 Å². The molecule has 0 spiro atoms. The Morgan fingerprint density at radius 2 is 1.08 bits per heavy atom. The predicted octanol–water partition coefficient (Wildman–Crippen LogP) is -3.24. The van der Waals surface area contributed by atoms with Gasteiger partial charge in [0.25, 0.3) is 5.60 Å². The molecule has 4 atom stereocenters. The van der Waals surface area contributed by atoms with Crippen molar-refractivity contribution in [3.8, 4) is 0 Å². The van der Waals surface area contributed by atoms with Gasteiger partial charge in [-0.05, 0) is 27.7 Å². The Bertz CT molecular complexity index is 630. The first-order valence-electron chi connectivity index (χ1n) is 6.77. The Morgan fingerprint density at radius 3 is 1.24 bits per heavy atom. The first-order chi connectivity index (χ1) is 11.0. The molecule has 0 radical (unpaired) electrons. The summed E-state index contributed by atoms with van der Waals surface area (Å²) in [5, 5.41) is 50.9. The van der Waals surface area contributed by atoms with E-state index in [2.05, 4.69) is 0 Å². The number of carbonyl (C=O) groups excluding carboxylic acids is 5. The molecule has 0 aliphatic rings. The Balaban J connectivity index is 7.44. The zero-order valence-corrected chi connectivity index (χ0v) is 13.9. The lowest BCUT2D eigenvalue weighted by Gasteiger charge is -2.51. The molecule has 11 heteroatoms. The van der Waals surface area contributed by atoms with Gasteiger partial charge in [0.2, 0.25) is 11.2 Å². The van der Waals surface area contributed by atoms with Gasteiger partial charge in [-0.2, -0.15) is 4.39 Å². The molecule has 142 valence electrons. The summed E-state index contributed by atoms with van der Waals surface area (Å²) in [6.07, 6.45) is 0. The maximum absolute atomic E-state index is 13.5. The third-order valence-corrected chi connectivity index (χ3v) is 4.27. The minimum absolute atomic E-state index is 0.345. The summed E-state index contributed by atoms with van der Waals surface area (Å²) in [4.78, 5) is 58.5. The van der Waals surface area contributed by atoms with Crippen LogP contribution in [-0.4, -0.2) is 83.7 Å². The highest BCUT2D eigenvalue weighted by Gasteiger charge is 2.79. The molecule has 0 aliphatic heterocycles. The van der Waals surface area contributed by atoms with Crippen LogP contribution in [0.2, 0.25) is 0 Å². The van der Waals surface area contributed by atoms with Gasteiger partial charge in [-0.1, -0.05) is 0 Å². The Kier molecular flexibility index (Phi) is 6.25. The monoisotopic (exact) mass is 366 g/mol. The maximum Gasteiger partial charge on any atom is 0.344 e. The first kappa shape index (κ1) is 23.1. The van der Waals surface area contributed by atoms with E-state index >= 15 is 0 Å². The molecule has 0 rings (SSSR count). The van der Waals surface area contributed by atoms with Crippen molar-refractivity contribution in [1.29, 1.82) is 0 Å². The molecule has 0 bridgehead atoms. The van der Waals surface area contributed by atoms with Crippen molar-refractivity contribution in [2.24, 2.45) is 0 Å². The standard InChI is InChI=1S/C14H19FO10/c1-6(17)11(22,5-16)13(24,8(3)19)14(25,9(4)20)12(23,7(2)18)10(15)21/h16,22-25H,5H2,1-4H3/t11-,12-,13+,14+/m0/s1. The van der Waals surface area contributed by atoms with Crippen LogP contribution in [0.15, 0.2) is 0 Å². The summed E-state index contributed by atoms with van der Waals surface area (Å²) in [6, 6.07) is -3.04.